The summed E-state index contributed by atoms with van der Waals surface area (Å²) in [4.78, 5) is 2.69. The number of hydrogen-bond acceptors (Lipinski definition) is 2. The second kappa shape index (κ2) is 5.48. The van der Waals surface area contributed by atoms with E-state index in [1.807, 2.05) is 23.5 Å². The van der Waals surface area contributed by atoms with Crippen molar-refractivity contribution in [2.24, 2.45) is 5.73 Å². The average Bonchev–Trinajstić information content (AvgIpc) is 2.76. The molecule has 1 nitrogen and oxygen atoms in total. The van der Waals surface area contributed by atoms with Crippen molar-refractivity contribution in [3.63, 3.8) is 0 Å². The van der Waals surface area contributed by atoms with Gasteiger partial charge in [0.1, 0.15) is 0 Å². The first-order valence-electron chi connectivity index (χ1n) is 5.34. The zero-order valence-corrected chi connectivity index (χ0v) is 10.5. The van der Waals surface area contributed by atoms with E-state index in [4.69, 9.17) is 17.3 Å². The van der Waals surface area contributed by atoms with E-state index in [2.05, 4.69) is 24.3 Å². The third-order valence-electron chi connectivity index (χ3n) is 2.42. The van der Waals surface area contributed by atoms with Crippen LogP contribution >= 0.6 is 22.9 Å². The lowest BCUT2D eigenvalue weighted by Gasteiger charge is -1.97. The summed E-state index contributed by atoms with van der Waals surface area (Å²) in [5.74, 6) is 0. The molecule has 2 aromatic rings. The third-order valence-corrected chi connectivity index (χ3v) is 3.86. The van der Waals surface area contributed by atoms with Gasteiger partial charge < -0.3 is 5.73 Å². The van der Waals surface area contributed by atoms with E-state index in [0.717, 1.165) is 24.4 Å². The molecule has 16 heavy (non-hydrogen) atoms. The van der Waals surface area contributed by atoms with Crippen LogP contribution in [-0.2, 0) is 6.42 Å². The van der Waals surface area contributed by atoms with Crippen molar-refractivity contribution in [3.8, 4) is 10.4 Å². The van der Waals surface area contributed by atoms with Gasteiger partial charge in [-0.15, -0.1) is 11.3 Å². The van der Waals surface area contributed by atoms with E-state index in [9.17, 15) is 0 Å². The highest BCUT2D eigenvalue weighted by Crippen LogP contribution is 2.29. The van der Waals surface area contributed by atoms with Crippen molar-refractivity contribution in [1.29, 1.82) is 0 Å². The maximum Gasteiger partial charge on any atom is 0.0406 e. The molecule has 0 aliphatic heterocycles. The summed E-state index contributed by atoms with van der Waals surface area (Å²) in [6.45, 7) is 0.758. The van der Waals surface area contributed by atoms with Crippen LogP contribution in [0.2, 0.25) is 5.02 Å². The molecule has 0 fully saturated rings. The maximum atomic E-state index is 5.86. The summed E-state index contributed by atoms with van der Waals surface area (Å²) < 4.78 is 0. The highest BCUT2D eigenvalue weighted by atomic mass is 35.5. The number of rotatable bonds is 4. The Balaban J connectivity index is 2.15. The van der Waals surface area contributed by atoms with Crippen molar-refractivity contribution >= 4 is 22.9 Å². The monoisotopic (exact) mass is 251 g/mol. The van der Waals surface area contributed by atoms with Crippen LogP contribution in [0.4, 0.5) is 0 Å². The first-order chi connectivity index (χ1) is 7.79. The topological polar surface area (TPSA) is 26.0 Å². The second-order valence-electron chi connectivity index (χ2n) is 3.67. The van der Waals surface area contributed by atoms with Gasteiger partial charge in [-0.3, -0.25) is 0 Å². The molecule has 2 rings (SSSR count). The molecule has 0 bridgehead atoms. The van der Waals surface area contributed by atoms with Gasteiger partial charge in [0, 0.05) is 14.8 Å². The average molecular weight is 252 g/mol. The fourth-order valence-corrected chi connectivity index (χ4v) is 2.74. The molecule has 0 amide bonds. The van der Waals surface area contributed by atoms with Crippen LogP contribution < -0.4 is 5.73 Å². The number of hydrogen-bond donors (Lipinski definition) is 1. The van der Waals surface area contributed by atoms with Crippen LogP contribution in [0.5, 0.6) is 0 Å². The SMILES string of the molecule is NCCCc1ccc(-c2ccc(Cl)cc2)s1. The highest BCUT2D eigenvalue weighted by molar-refractivity contribution is 7.15. The Kier molecular flexibility index (Phi) is 3.99. The molecule has 0 spiro atoms. The molecule has 84 valence electrons. The summed E-state index contributed by atoms with van der Waals surface area (Å²) in [5.41, 5.74) is 6.73. The Bertz CT molecular complexity index is 447. The molecule has 0 radical (unpaired) electrons. The molecule has 0 saturated carbocycles. The van der Waals surface area contributed by atoms with Gasteiger partial charge in [-0.25, -0.2) is 0 Å². The van der Waals surface area contributed by atoms with Crippen LogP contribution in [0.1, 0.15) is 11.3 Å². The first kappa shape index (κ1) is 11.6. The molecular weight excluding hydrogens is 238 g/mol. The van der Waals surface area contributed by atoms with Gasteiger partial charge in [-0.05, 0) is 49.2 Å². The van der Waals surface area contributed by atoms with Gasteiger partial charge in [-0.2, -0.15) is 0 Å². The number of aryl methyl sites for hydroxylation is 1. The van der Waals surface area contributed by atoms with E-state index in [0.29, 0.717) is 0 Å². The number of thiophene rings is 1. The maximum absolute atomic E-state index is 5.86. The lowest BCUT2D eigenvalue weighted by atomic mass is 10.2. The van der Waals surface area contributed by atoms with Gasteiger partial charge in [0.2, 0.25) is 0 Å². The lowest BCUT2D eigenvalue weighted by molar-refractivity contribution is 0.843. The van der Waals surface area contributed by atoms with Crippen LogP contribution in [0.25, 0.3) is 10.4 Å². The molecule has 2 N–H and O–H groups in total. The van der Waals surface area contributed by atoms with E-state index in [1.54, 1.807) is 0 Å². The smallest absolute Gasteiger partial charge is 0.0406 e. The number of nitrogens with two attached hydrogens (primary N) is 1. The van der Waals surface area contributed by atoms with Gasteiger partial charge >= 0.3 is 0 Å². The fraction of sp³-hybridized carbons (Fsp3) is 0.231. The Labute approximate surface area is 105 Å². The molecular formula is C13H14ClNS. The molecule has 0 atom stereocenters. The van der Waals surface area contributed by atoms with Gasteiger partial charge in [0.05, 0.1) is 0 Å². The summed E-state index contributed by atoms with van der Waals surface area (Å²) >= 11 is 7.70. The molecule has 0 unspecified atom stereocenters. The summed E-state index contributed by atoms with van der Waals surface area (Å²) in [5, 5.41) is 0.781. The largest absolute Gasteiger partial charge is 0.330 e. The Morgan fingerprint density at radius 3 is 2.50 bits per heavy atom. The molecule has 1 aromatic heterocycles. The van der Waals surface area contributed by atoms with Gasteiger partial charge in [0.25, 0.3) is 0 Å². The third kappa shape index (κ3) is 2.85. The highest BCUT2D eigenvalue weighted by Gasteiger charge is 2.02. The van der Waals surface area contributed by atoms with Crippen molar-refractivity contribution in [2.75, 3.05) is 6.54 Å². The molecule has 0 aliphatic carbocycles. The molecule has 1 aromatic carbocycles. The molecule has 0 aliphatic rings. The zero-order chi connectivity index (χ0) is 11.4. The normalized spacial score (nSPS) is 10.6. The standard InChI is InChI=1S/C13H14ClNS/c14-11-5-3-10(4-6-11)13-8-7-12(16-13)2-1-9-15/h3-8H,1-2,9,15H2. The Hall–Kier alpha value is -0.830. The van der Waals surface area contributed by atoms with Crippen molar-refractivity contribution in [3.05, 3.63) is 46.3 Å². The minimum atomic E-state index is 0.758. The minimum absolute atomic E-state index is 0.758. The summed E-state index contributed by atoms with van der Waals surface area (Å²) in [6.07, 6.45) is 2.13. The second-order valence-corrected chi connectivity index (χ2v) is 5.27. The number of halogens is 1. The fourth-order valence-electron chi connectivity index (χ4n) is 1.56. The Morgan fingerprint density at radius 2 is 1.81 bits per heavy atom. The minimum Gasteiger partial charge on any atom is -0.330 e. The van der Waals surface area contributed by atoms with Crippen molar-refractivity contribution in [1.82, 2.24) is 0 Å². The zero-order valence-electron chi connectivity index (χ0n) is 8.95. The lowest BCUT2D eigenvalue weighted by Crippen LogP contribution is -1.99. The molecule has 1 heterocycles. The van der Waals surface area contributed by atoms with E-state index >= 15 is 0 Å². The summed E-state index contributed by atoms with van der Waals surface area (Å²) in [7, 11) is 0. The van der Waals surface area contributed by atoms with Crippen molar-refractivity contribution in [2.45, 2.75) is 12.8 Å². The van der Waals surface area contributed by atoms with Crippen LogP contribution in [0, 0.1) is 0 Å². The van der Waals surface area contributed by atoms with Crippen molar-refractivity contribution < 1.29 is 0 Å². The van der Waals surface area contributed by atoms with Crippen LogP contribution in [0.15, 0.2) is 36.4 Å². The Morgan fingerprint density at radius 1 is 1.06 bits per heavy atom. The quantitative estimate of drug-likeness (QED) is 0.875. The van der Waals surface area contributed by atoms with E-state index in [-0.39, 0.29) is 0 Å². The first-order valence-corrected chi connectivity index (χ1v) is 6.54. The predicted octanol–water partition coefficient (Wildman–Crippen LogP) is 3.96. The summed E-state index contributed by atoms with van der Waals surface area (Å²) in [6, 6.07) is 12.3. The van der Waals surface area contributed by atoms with E-state index < -0.39 is 0 Å². The molecule has 3 heteroatoms. The van der Waals surface area contributed by atoms with Gasteiger partial charge in [-0.1, -0.05) is 23.7 Å². The number of benzene rings is 1. The molecule has 0 saturated heterocycles. The van der Waals surface area contributed by atoms with Crippen LogP contribution in [0.3, 0.4) is 0 Å². The van der Waals surface area contributed by atoms with Gasteiger partial charge in [0.15, 0.2) is 0 Å². The van der Waals surface area contributed by atoms with E-state index in [1.165, 1.54) is 15.3 Å². The predicted molar refractivity (Wildman–Crippen MR) is 72.1 cm³/mol. The van der Waals surface area contributed by atoms with Crippen LogP contribution in [-0.4, -0.2) is 6.54 Å².